The lowest BCUT2D eigenvalue weighted by Crippen LogP contribution is -2.21. The Hall–Kier alpha value is -1.92. The van der Waals surface area contributed by atoms with Gasteiger partial charge >= 0.3 is 0 Å². The first-order valence-corrected chi connectivity index (χ1v) is 11.7. The van der Waals surface area contributed by atoms with Crippen molar-refractivity contribution < 1.29 is 23.7 Å². The Morgan fingerprint density at radius 1 is 0.771 bits per heavy atom. The Morgan fingerprint density at radius 3 is 1.71 bits per heavy atom. The molecule has 2 fully saturated rings. The van der Waals surface area contributed by atoms with Crippen molar-refractivity contribution in [3.63, 3.8) is 0 Å². The standard InChI is InChI=1S/C27H36O5.3CH4/c1-19(28-15-25-17-31-25)13-21-5-7-22(8-6-21)27(3,4)23-9-11-24(12-10-23)30-14-20(2)29-16-26-18-32-26;;;/h5-12,19-20,25-26H,13-18H2,1-4H3;3*1H4. The molecule has 35 heavy (non-hydrogen) atoms. The van der Waals surface area contributed by atoms with Gasteiger partial charge in [0.05, 0.1) is 38.6 Å². The molecule has 2 aliphatic rings. The third-order valence-electron chi connectivity index (χ3n) is 6.20. The topological polar surface area (TPSA) is 52.8 Å². The molecule has 5 nitrogen and oxygen atoms in total. The van der Waals surface area contributed by atoms with Gasteiger partial charge in [0.25, 0.3) is 0 Å². The molecule has 0 saturated carbocycles. The maximum atomic E-state index is 5.90. The monoisotopic (exact) mass is 488 g/mol. The lowest BCUT2D eigenvalue weighted by Gasteiger charge is -2.27. The van der Waals surface area contributed by atoms with Gasteiger partial charge in [0.1, 0.15) is 24.6 Å². The van der Waals surface area contributed by atoms with Crippen molar-refractivity contribution in [2.45, 2.75) is 86.2 Å². The van der Waals surface area contributed by atoms with Crippen molar-refractivity contribution in [1.29, 1.82) is 0 Å². The summed E-state index contributed by atoms with van der Waals surface area (Å²) in [5, 5.41) is 0. The van der Waals surface area contributed by atoms with Crippen molar-refractivity contribution in [3.05, 3.63) is 65.2 Å². The van der Waals surface area contributed by atoms with Gasteiger partial charge in [-0.1, -0.05) is 72.5 Å². The first kappa shape index (κ1) is 31.1. The second-order valence-corrected chi connectivity index (χ2v) is 9.56. The fourth-order valence-corrected chi connectivity index (χ4v) is 3.72. The third kappa shape index (κ3) is 9.57. The average Bonchev–Trinajstić information content (AvgIpc) is 3.70. The van der Waals surface area contributed by atoms with Crippen LogP contribution in [0.2, 0.25) is 0 Å². The normalized spacial score (nSPS) is 19.9. The Morgan fingerprint density at radius 2 is 1.23 bits per heavy atom. The molecule has 0 bridgehead atoms. The van der Waals surface area contributed by atoms with Gasteiger partial charge < -0.3 is 23.7 Å². The smallest absolute Gasteiger partial charge is 0.119 e. The van der Waals surface area contributed by atoms with Gasteiger partial charge in [-0.05, 0) is 49.1 Å². The van der Waals surface area contributed by atoms with Gasteiger partial charge in [0.15, 0.2) is 0 Å². The quantitative estimate of drug-likeness (QED) is 0.303. The molecule has 0 spiro atoms. The molecule has 4 rings (SSSR count). The van der Waals surface area contributed by atoms with E-state index in [-0.39, 0.29) is 46.0 Å². The summed E-state index contributed by atoms with van der Waals surface area (Å²) in [4.78, 5) is 0. The highest BCUT2D eigenvalue weighted by Crippen LogP contribution is 2.32. The maximum Gasteiger partial charge on any atom is 0.119 e. The Balaban J connectivity index is 0.00000204. The van der Waals surface area contributed by atoms with Crippen LogP contribution in [0.25, 0.3) is 0 Å². The third-order valence-corrected chi connectivity index (χ3v) is 6.20. The van der Waals surface area contributed by atoms with E-state index in [1.165, 1.54) is 16.7 Å². The van der Waals surface area contributed by atoms with E-state index in [2.05, 4.69) is 57.2 Å². The van der Waals surface area contributed by atoms with Crippen LogP contribution in [0.15, 0.2) is 48.5 Å². The van der Waals surface area contributed by atoms with Crippen LogP contribution >= 0.6 is 0 Å². The minimum atomic E-state index is -0.0941. The van der Waals surface area contributed by atoms with Crippen molar-refractivity contribution in [2.24, 2.45) is 0 Å². The van der Waals surface area contributed by atoms with Crippen LogP contribution in [0.1, 0.15) is 66.7 Å². The summed E-state index contributed by atoms with van der Waals surface area (Å²) in [6, 6.07) is 17.3. The molecule has 0 amide bonds. The zero-order valence-corrected chi connectivity index (χ0v) is 19.7. The summed E-state index contributed by atoms with van der Waals surface area (Å²) < 4.78 is 27.9. The van der Waals surface area contributed by atoms with E-state index < -0.39 is 0 Å². The first-order valence-electron chi connectivity index (χ1n) is 11.7. The molecule has 2 aliphatic heterocycles. The van der Waals surface area contributed by atoms with Crippen LogP contribution < -0.4 is 4.74 Å². The number of benzene rings is 2. The highest BCUT2D eigenvalue weighted by atomic mass is 16.6. The molecule has 2 aromatic rings. The predicted molar refractivity (Wildman–Crippen MR) is 145 cm³/mol. The fourth-order valence-electron chi connectivity index (χ4n) is 3.72. The van der Waals surface area contributed by atoms with Gasteiger partial charge in [-0.3, -0.25) is 0 Å². The largest absolute Gasteiger partial charge is 0.491 e. The molecule has 2 saturated heterocycles. The maximum absolute atomic E-state index is 5.90. The summed E-state index contributed by atoms with van der Waals surface area (Å²) in [6.07, 6.45) is 1.75. The second-order valence-electron chi connectivity index (χ2n) is 9.56. The highest BCUT2D eigenvalue weighted by Gasteiger charge is 2.25. The molecular formula is C30H48O5. The number of epoxide rings is 2. The van der Waals surface area contributed by atoms with Crippen molar-refractivity contribution >= 4 is 0 Å². The molecule has 0 radical (unpaired) electrons. The highest BCUT2D eigenvalue weighted by molar-refractivity contribution is 5.41. The van der Waals surface area contributed by atoms with Crippen molar-refractivity contribution in [1.82, 2.24) is 0 Å². The summed E-state index contributed by atoms with van der Waals surface area (Å²) >= 11 is 0. The number of rotatable bonds is 13. The minimum absolute atomic E-state index is 0. The van der Waals surface area contributed by atoms with Gasteiger partial charge in [-0.15, -0.1) is 0 Å². The Kier molecular flexibility index (Phi) is 12.4. The molecule has 4 unspecified atom stereocenters. The van der Waals surface area contributed by atoms with E-state index in [1.54, 1.807) is 0 Å². The summed E-state index contributed by atoms with van der Waals surface area (Å²) in [6.45, 7) is 12.2. The zero-order chi connectivity index (χ0) is 22.6. The van der Waals surface area contributed by atoms with Crippen LogP contribution in [0.3, 0.4) is 0 Å². The lowest BCUT2D eigenvalue weighted by molar-refractivity contribution is 0.0241. The van der Waals surface area contributed by atoms with Gasteiger partial charge in [-0.2, -0.15) is 0 Å². The first-order chi connectivity index (χ1) is 15.4. The van der Waals surface area contributed by atoms with E-state index >= 15 is 0 Å². The molecule has 2 aromatic carbocycles. The molecule has 0 aliphatic carbocycles. The number of hydrogen-bond donors (Lipinski definition) is 0. The molecule has 0 N–H and O–H groups in total. The van der Waals surface area contributed by atoms with Crippen molar-refractivity contribution in [2.75, 3.05) is 33.0 Å². The summed E-state index contributed by atoms with van der Waals surface area (Å²) in [5.41, 5.74) is 3.75. The van der Waals surface area contributed by atoms with Gasteiger partial charge in [0, 0.05) is 5.41 Å². The minimum Gasteiger partial charge on any atom is -0.491 e. The predicted octanol–water partition coefficient (Wildman–Crippen LogP) is 6.45. The van der Waals surface area contributed by atoms with Crippen LogP contribution in [0, 0.1) is 0 Å². The summed E-state index contributed by atoms with van der Waals surface area (Å²) in [5.74, 6) is 0.864. The Bertz CT molecular complexity index is 838. The molecule has 4 atom stereocenters. The van der Waals surface area contributed by atoms with Crippen LogP contribution in [-0.2, 0) is 30.8 Å². The van der Waals surface area contributed by atoms with E-state index in [1.807, 2.05) is 19.1 Å². The summed E-state index contributed by atoms with van der Waals surface area (Å²) in [7, 11) is 0. The van der Waals surface area contributed by atoms with E-state index in [0.29, 0.717) is 25.9 Å². The molecule has 198 valence electrons. The number of ether oxygens (including phenoxy) is 5. The van der Waals surface area contributed by atoms with Crippen LogP contribution in [-0.4, -0.2) is 57.5 Å². The van der Waals surface area contributed by atoms with E-state index in [9.17, 15) is 0 Å². The van der Waals surface area contributed by atoms with Gasteiger partial charge in [-0.25, -0.2) is 0 Å². The average molecular weight is 489 g/mol. The van der Waals surface area contributed by atoms with Crippen LogP contribution in [0.5, 0.6) is 5.75 Å². The number of hydrogen-bond acceptors (Lipinski definition) is 5. The van der Waals surface area contributed by atoms with Crippen LogP contribution in [0.4, 0.5) is 0 Å². The molecule has 5 heteroatoms. The SMILES string of the molecule is C.C.C.CC(COc1ccc(C(C)(C)c2ccc(CC(C)OCC3CO3)cc2)cc1)OCC1CO1. The molecular weight excluding hydrogens is 440 g/mol. The van der Waals surface area contributed by atoms with E-state index in [4.69, 9.17) is 23.7 Å². The Labute approximate surface area is 214 Å². The molecule has 0 aromatic heterocycles. The second kappa shape index (κ2) is 14.0. The van der Waals surface area contributed by atoms with Gasteiger partial charge in [0.2, 0.25) is 0 Å². The fraction of sp³-hybridized carbons (Fsp3) is 0.600. The van der Waals surface area contributed by atoms with Crippen molar-refractivity contribution in [3.8, 4) is 5.75 Å². The van der Waals surface area contributed by atoms with E-state index in [0.717, 1.165) is 25.4 Å². The lowest BCUT2D eigenvalue weighted by atomic mass is 9.78. The zero-order valence-electron chi connectivity index (χ0n) is 19.7. The molecule has 2 heterocycles.